The second-order valence-corrected chi connectivity index (χ2v) is 7.45. The average Bonchev–Trinajstić information content (AvgIpc) is 2.77. The fourth-order valence-electron chi connectivity index (χ4n) is 3.06. The minimum absolute atomic E-state index is 0.0955. The number of hydrogen-bond acceptors (Lipinski definition) is 6. The van der Waals surface area contributed by atoms with Crippen LogP contribution < -0.4 is 19.6 Å². The minimum Gasteiger partial charge on any atom is -0.496 e. The Kier molecular flexibility index (Phi) is 5.77. The lowest BCUT2D eigenvalue weighted by molar-refractivity contribution is 0.0731. The van der Waals surface area contributed by atoms with Crippen molar-refractivity contribution in [2.75, 3.05) is 7.11 Å². The Hall–Kier alpha value is -3.58. The number of halogens is 1. The van der Waals surface area contributed by atoms with Crippen molar-refractivity contribution in [3.05, 3.63) is 92.7 Å². The van der Waals surface area contributed by atoms with Gasteiger partial charge in [-0.25, -0.2) is 4.79 Å². The van der Waals surface area contributed by atoms with Crippen LogP contribution in [-0.4, -0.2) is 13.1 Å². The molecule has 156 valence electrons. The predicted molar refractivity (Wildman–Crippen MR) is 119 cm³/mol. The Morgan fingerprint density at radius 3 is 2.42 bits per heavy atom. The number of ether oxygens (including phenoxy) is 3. The summed E-state index contributed by atoms with van der Waals surface area (Å²) in [4.78, 5) is 25.5. The first-order chi connectivity index (χ1) is 15.0. The Balaban J connectivity index is 1.67. The molecule has 4 aromatic rings. The van der Waals surface area contributed by atoms with E-state index in [1.165, 1.54) is 19.2 Å². The number of methoxy groups -OCH3 is 1. The maximum Gasteiger partial charge on any atom is 0.347 e. The molecule has 0 saturated carbocycles. The van der Waals surface area contributed by atoms with Gasteiger partial charge in [0, 0.05) is 6.07 Å². The van der Waals surface area contributed by atoms with Gasteiger partial charge in [-0.1, -0.05) is 24.3 Å². The standard InChI is InChI=1S/C24H17BrO6/c1-14-23(31-20-10-6-4-8-18(20)25)22(26)16-12-11-15(13-21(16)29-14)30-24(27)17-7-3-5-9-19(17)28-2/h3-13H,1-2H3. The summed E-state index contributed by atoms with van der Waals surface area (Å²) in [6.45, 7) is 1.64. The molecule has 0 N–H and O–H groups in total. The van der Waals surface area contributed by atoms with Gasteiger partial charge in [0.25, 0.3) is 0 Å². The molecule has 0 unspecified atom stereocenters. The molecule has 0 aliphatic heterocycles. The zero-order valence-electron chi connectivity index (χ0n) is 16.7. The topological polar surface area (TPSA) is 75.0 Å². The molecule has 0 saturated heterocycles. The monoisotopic (exact) mass is 480 g/mol. The van der Waals surface area contributed by atoms with Crippen molar-refractivity contribution in [3.8, 4) is 23.0 Å². The highest BCUT2D eigenvalue weighted by molar-refractivity contribution is 9.10. The van der Waals surface area contributed by atoms with E-state index in [-0.39, 0.29) is 22.5 Å². The summed E-state index contributed by atoms with van der Waals surface area (Å²) in [6.07, 6.45) is 0. The van der Waals surface area contributed by atoms with Crippen molar-refractivity contribution in [2.45, 2.75) is 6.92 Å². The van der Waals surface area contributed by atoms with Gasteiger partial charge in [-0.15, -0.1) is 0 Å². The number of carbonyl (C=O) groups excluding carboxylic acids is 1. The van der Waals surface area contributed by atoms with Crippen LogP contribution in [0.15, 0.2) is 80.4 Å². The summed E-state index contributed by atoms with van der Waals surface area (Å²) >= 11 is 3.40. The molecular formula is C24H17BrO6. The molecule has 1 aromatic heterocycles. The average molecular weight is 481 g/mol. The summed E-state index contributed by atoms with van der Waals surface area (Å²) in [5, 5.41) is 0.310. The van der Waals surface area contributed by atoms with E-state index in [0.29, 0.717) is 32.7 Å². The molecule has 3 aromatic carbocycles. The van der Waals surface area contributed by atoms with E-state index < -0.39 is 5.97 Å². The quantitative estimate of drug-likeness (QED) is 0.262. The van der Waals surface area contributed by atoms with E-state index in [9.17, 15) is 9.59 Å². The first-order valence-corrected chi connectivity index (χ1v) is 10.1. The third-order valence-corrected chi connectivity index (χ3v) is 5.23. The van der Waals surface area contributed by atoms with Crippen molar-refractivity contribution in [2.24, 2.45) is 0 Å². The van der Waals surface area contributed by atoms with Crippen LogP contribution in [0.5, 0.6) is 23.0 Å². The molecule has 4 rings (SSSR count). The molecule has 6 nitrogen and oxygen atoms in total. The van der Waals surface area contributed by atoms with E-state index in [2.05, 4.69) is 15.9 Å². The van der Waals surface area contributed by atoms with Crippen LogP contribution in [0.2, 0.25) is 0 Å². The molecule has 0 aliphatic rings. The number of para-hydroxylation sites is 2. The smallest absolute Gasteiger partial charge is 0.347 e. The van der Waals surface area contributed by atoms with Gasteiger partial charge in [-0.3, -0.25) is 4.79 Å². The first-order valence-electron chi connectivity index (χ1n) is 9.33. The molecule has 0 atom stereocenters. The van der Waals surface area contributed by atoms with Crippen LogP contribution in [0.1, 0.15) is 16.1 Å². The number of carbonyl (C=O) groups is 1. The lowest BCUT2D eigenvalue weighted by Gasteiger charge is -2.11. The summed E-state index contributed by atoms with van der Waals surface area (Å²) in [6, 6.07) is 18.5. The molecule has 31 heavy (non-hydrogen) atoms. The maximum absolute atomic E-state index is 13.0. The number of benzene rings is 3. The zero-order chi connectivity index (χ0) is 22.0. The van der Waals surface area contributed by atoms with E-state index in [1.807, 2.05) is 12.1 Å². The van der Waals surface area contributed by atoms with E-state index in [4.69, 9.17) is 18.6 Å². The molecule has 1 heterocycles. The van der Waals surface area contributed by atoms with Gasteiger partial charge in [-0.2, -0.15) is 0 Å². The first kappa shape index (κ1) is 20.7. The highest BCUT2D eigenvalue weighted by Gasteiger charge is 2.18. The van der Waals surface area contributed by atoms with Gasteiger partial charge in [0.2, 0.25) is 11.2 Å². The number of aryl methyl sites for hydroxylation is 1. The largest absolute Gasteiger partial charge is 0.496 e. The van der Waals surface area contributed by atoms with Gasteiger partial charge in [0.15, 0.2) is 0 Å². The van der Waals surface area contributed by atoms with Crippen molar-refractivity contribution in [1.82, 2.24) is 0 Å². The fourth-order valence-corrected chi connectivity index (χ4v) is 3.43. The molecule has 0 spiro atoms. The van der Waals surface area contributed by atoms with Gasteiger partial charge in [0.05, 0.1) is 17.0 Å². The summed E-state index contributed by atoms with van der Waals surface area (Å²) in [7, 11) is 1.48. The van der Waals surface area contributed by atoms with Crippen LogP contribution in [0.4, 0.5) is 0 Å². The summed E-state index contributed by atoms with van der Waals surface area (Å²) in [5.74, 6) is 0.971. The van der Waals surface area contributed by atoms with Crippen LogP contribution in [0, 0.1) is 6.92 Å². The van der Waals surface area contributed by atoms with Crippen molar-refractivity contribution in [3.63, 3.8) is 0 Å². The Morgan fingerprint density at radius 1 is 0.968 bits per heavy atom. The molecule has 0 amide bonds. The Labute approximate surface area is 186 Å². The van der Waals surface area contributed by atoms with Crippen LogP contribution >= 0.6 is 15.9 Å². The second kappa shape index (κ2) is 8.65. The number of hydrogen-bond donors (Lipinski definition) is 0. The molecule has 0 radical (unpaired) electrons. The third kappa shape index (κ3) is 4.18. The molecule has 7 heteroatoms. The molecular weight excluding hydrogens is 464 g/mol. The van der Waals surface area contributed by atoms with E-state index in [1.54, 1.807) is 49.4 Å². The van der Waals surface area contributed by atoms with Gasteiger partial charge >= 0.3 is 5.97 Å². The lowest BCUT2D eigenvalue weighted by atomic mass is 10.2. The van der Waals surface area contributed by atoms with Gasteiger partial charge in [-0.05, 0) is 59.3 Å². The Morgan fingerprint density at radius 2 is 1.68 bits per heavy atom. The Bertz CT molecular complexity index is 1340. The normalized spacial score (nSPS) is 10.7. The molecule has 0 bridgehead atoms. The fraction of sp³-hybridized carbons (Fsp3) is 0.0833. The van der Waals surface area contributed by atoms with Crippen molar-refractivity contribution >= 4 is 32.9 Å². The van der Waals surface area contributed by atoms with Crippen molar-refractivity contribution in [1.29, 1.82) is 0 Å². The predicted octanol–water partition coefficient (Wildman–Crippen LogP) is 5.88. The van der Waals surface area contributed by atoms with E-state index in [0.717, 1.165) is 0 Å². The molecule has 0 fully saturated rings. The van der Waals surface area contributed by atoms with Crippen molar-refractivity contribution < 1.29 is 23.4 Å². The number of esters is 1. The second-order valence-electron chi connectivity index (χ2n) is 6.60. The van der Waals surface area contributed by atoms with Crippen LogP contribution in [0.25, 0.3) is 11.0 Å². The minimum atomic E-state index is -0.579. The SMILES string of the molecule is COc1ccccc1C(=O)Oc1ccc2c(=O)c(Oc3ccccc3Br)c(C)oc2c1. The van der Waals surface area contributed by atoms with E-state index >= 15 is 0 Å². The number of fused-ring (bicyclic) bond motifs is 1. The summed E-state index contributed by atoms with van der Waals surface area (Å²) in [5.41, 5.74) is 0.254. The highest BCUT2D eigenvalue weighted by atomic mass is 79.9. The zero-order valence-corrected chi connectivity index (χ0v) is 18.3. The van der Waals surface area contributed by atoms with Gasteiger partial charge in [0.1, 0.15) is 34.2 Å². The molecule has 0 aliphatic carbocycles. The lowest BCUT2D eigenvalue weighted by Crippen LogP contribution is -2.11. The maximum atomic E-state index is 13.0. The third-order valence-electron chi connectivity index (χ3n) is 4.57. The van der Waals surface area contributed by atoms with Gasteiger partial charge < -0.3 is 18.6 Å². The number of rotatable bonds is 5. The highest BCUT2D eigenvalue weighted by Crippen LogP contribution is 2.31. The van der Waals surface area contributed by atoms with Crippen LogP contribution in [-0.2, 0) is 0 Å². The summed E-state index contributed by atoms with van der Waals surface area (Å²) < 4.78 is 23.0. The van der Waals surface area contributed by atoms with Crippen LogP contribution in [0.3, 0.4) is 0 Å².